The first kappa shape index (κ1) is 17.8. The predicted molar refractivity (Wildman–Crippen MR) is 93.5 cm³/mol. The Hall–Kier alpha value is -1.28. The molecule has 0 radical (unpaired) electrons. The molecule has 0 amide bonds. The van der Waals surface area contributed by atoms with Gasteiger partial charge >= 0.3 is 0 Å². The molecule has 0 aliphatic rings. The quantitative estimate of drug-likeness (QED) is 0.698. The molecule has 0 aliphatic carbocycles. The first-order valence-corrected chi connectivity index (χ1v) is 7.59. The van der Waals surface area contributed by atoms with Crippen LogP contribution >= 0.6 is 12.4 Å². The van der Waals surface area contributed by atoms with E-state index >= 15 is 0 Å². The third-order valence-corrected chi connectivity index (χ3v) is 3.82. The van der Waals surface area contributed by atoms with Crippen molar-refractivity contribution in [1.82, 2.24) is 9.55 Å². The molecular formula is C18H27ClN2. The third-order valence-electron chi connectivity index (χ3n) is 3.82. The summed E-state index contributed by atoms with van der Waals surface area (Å²) in [4.78, 5) is 4.66. The lowest BCUT2D eigenvalue weighted by atomic mass is 9.88. The molecule has 0 unspecified atom stereocenters. The van der Waals surface area contributed by atoms with Crippen LogP contribution in [0.3, 0.4) is 0 Å². The maximum atomic E-state index is 4.66. The molecule has 0 saturated carbocycles. The van der Waals surface area contributed by atoms with Crippen molar-refractivity contribution in [2.24, 2.45) is 0 Å². The minimum absolute atomic E-state index is 0. The van der Waals surface area contributed by atoms with Gasteiger partial charge in [-0.3, -0.25) is 0 Å². The summed E-state index contributed by atoms with van der Waals surface area (Å²) in [7, 11) is 0. The molecule has 0 atom stereocenters. The molecule has 1 heterocycles. The van der Waals surface area contributed by atoms with Crippen LogP contribution in [-0.4, -0.2) is 9.55 Å². The van der Waals surface area contributed by atoms with Crippen molar-refractivity contribution in [2.45, 2.75) is 59.4 Å². The van der Waals surface area contributed by atoms with Gasteiger partial charge in [-0.05, 0) is 36.8 Å². The molecule has 2 rings (SSSR count). The highest BCUT2D eigenvalue weighted by molar-refractivity contribution is 5.85. The van der Waals surface area contributed by atoms with Gasteiger partial charge in [0.2, 0.25) is 0 Å². The molecule has 2 nitrogen and oxygen atoms in total. The van der Waals surface area contributed by atoms with Crippen molar-refractivity contribution >= 4 is 12.4 Å². The molecule has 0 spiro atoms. The molecule has 0 bridgehead atoms. The molecular weight excluding hydrogens is 280 g/mol. The number of imidazole rings is 1. The summed E-state index contributed by atoms with van der Waals surface area (Å²) >= 11 is 0. The number of benzene rings is 1. The largest absolute Gasteiger partial charge is 0.328 e. The summed E-state index contributed by atoms with van der Waals surface area (Å²) in [6, 6.07) is 7.08. The zero-order valence-electron chi connectivity index (χ0n) is 13.9. The average molecular weight is 307 g/mol. The average Bonchev–Trinajstić information content (AvgIpc) is 2.86. The molecule has 3 heteroatoms. The summed E-state index contributed by atoms with van der Waals surface area (Å²) < 4.78 is 2.27. The van der Waals surface area contributed by atoms with Gasteiger partial charge in [-0.1, -0.05) is 45.9 Å². The number of hydrogen-bond donors (Lipinski definition) is 0. The van der Waals surface area contributed by atoms with Crippen LogP contribution in [0.5, 0.6) is 0 Å². The maximum absolute atomic E-state index is 4.66. The molecule has 0 N–H and O–H groups in total. The Morgan fingerprint density at radius 2 is 1.43 bits per heavy atom. The van der Waals surface area contributed by atoms with Gasteiger partial charge < -0.3 is 4.57 Å². The summed E-state index contributed by atoms with van der Waals surface area (Å²) in [6.45, 7) is 13.4. The van der Waals surface area contributed by atoms with E-state index in [2.05, 4.69) is 75.5 Å². The van der Waals surface area contributed by atoms with Crippen LogP contribution in [0, 0.1) is 0 Å². The predicted octanol–water partition coefficient (Wildman–Crippen LogP) is 5.80. The highest BCUT2D eigenvalue weighted by Crippen LogP contribution is 2.36. The van der Waals surface area contributed by atoms with Crippen molar-refractivity contribution in [3.05, 3.63) is 41.7 Å². The fraction of sp³-hybridized carbons (Fsp3) is 0.500. The van der Waals surface area contributed by atoms with Gasteiger partial charge in [0.25, 0.3) is 0 Å². The van der Waals surface area contributed by atoms with Crippen molar-refractivity contribution in [3.8, 4) is 11.4 Å². The van der Waals surface area contributed by atoms with E-state index in [9.17, 15) is 0 Å². The summed E-state index contributed by atoms with van der Waals surface area (Å²) in [5, 5.41) is 0. The van der Waals surface area contributed by atoms with Crippen molar-refractivity contribution in [1.29, 1.82) is 0 Å². The first-order chi connectivity index (χ1) is 9.43. The Morgan fingerprint density at radius 3 is 1.86 bits per heavy atom. The van der Waals surface area contributed by atoms with Crippen LogP contribution in [0.4, 0.5) is 0 Å². The standard InChI is InChI=1S/C18H26N2.ClH/c1-12(2)15-8-7-9-16(13(3)4)17(15)18-19-10-11-20(18)14(5)6;/h7-14H,1-6H3;1H. The molecule has 116 valence electrons. The van der Waals surface area contributed by atoms with Gasteiger partial charge in [-0.25, -0.2) is 4.98 Å². The smallest absolute Gasteiger partial charge is 0.140 e. The Kier molecular flexibility index (Phi) is 6.03. The van der Waals surface area contributed by atoms with Gasteiger partial charge in [-0.2, -0.15) is 0 Å². The van der Waals surface area contributed by atoms with E-state index in [0.717, 1.165) is 5.82 Å². The number of nitrogens with zero attached hydrogens (tertiary/aromatic N) is 2. The van der Waals surface area contributed by atoms with Gasteiger partial charge in [-0.15, -0.1) is 12.4 Å². The van der Waals surface area contributed by atoms with Crippen LogP contribution < -0.4 is 0 Å². The zero-order valence-corrected chi connectivity index (χ0v) is 14.7. The van der Waals surface area contributed by atoms with E-state index in [1.165, 1.54) is 16.7 Å². The lowest BCUT2D eigenvalue weighted by Crippen LogP contribution is -2.07. The Bertz CT molecular complexity index is 556. The van der Waals surface area contributed by atoms with Crippen LogP contribution in [0.1, 0.15) is 70.5 Å². The lowest BCUT2D eigenvalue weighted by molar-refractivity contribution is 0.605. The van der Waals surface area contributed by atoms with Crippen molar-refractivity contribution in [3.63, 3.8) is 0 Å². The van der Waals surface area contributed by atoms with Crippen LogP contribution in [-0.2, 0) is 0 Å². The summed E-state index contributed by atoms with van der Waals surface area (Å²) in [5.41, 5.74) is 4.12. The van der Waals surface area contributed by atoms with E-state index in [4.69, 9.17) is 0 Å². The number of rotatable bonds is 4. The summed E-state index contributed by atoms with van der Waals surface area (Å²) in [6.07, 6.45) is 4.00. The van der Waals surface area contributed by atoms with Gasteiger partial charge in [0.1, 0.15) is 5.82 Å². The fourth-order valence-corrected chi connectivity index (χ4v) is 2.73. The topological polar surface area (TPSA) is 17.8 Å². The van der Waals surface area contributed by atoms with Gasteiger partial charge in [0.15, 0.2) is 0 Å². The number of aromatic nitrogens is 2. The molecule has 0 saturated heterocycles. The lowest BCUT2D eigenvalue weighted by Gasteiger charge is -2.21. The minimum Gasteiger partial charge on any atom is -0.328 e. The SMILES string of the molecule is CC(C)c1cccc(C(C)C)c1-c1nccn1C(C)C.Cl. The second kappa shape index (κ2) is 7.13. The fourth-order valence-electron chi connectivity index (χ4n) is 2.73. The zero-order chi connectivity index (χ0) is 14.9. The number of halogens is 1. The van der Waals surface area contributed by atoms with E-state index in [1.54, 1.807) is 0 Å². The van der Waals surface area contributed by atoms with Crippen molar-refractivity contribution in [2.75, 3.05) is 0 Å². The molecule has 21 heavy (non-hydrogen) atoms. The van der Waals surface area contributed by atoms with Gasteiger partial charge in [0.05, 0.1) is 0 Å². The monoisotopic (exact) mass is 306 g/mol. The third kappa shape index (κ3) is 3.49. The van der Waals surface area contributed by atoms with E-state index < -0.39 is 0 Å². The second-order valence-electron chi connectivity index (χ2n) is 6.37. The molecule has 0 aliphatic heterocycles. The number of hydrogen-bond acceptors (Lipinski definition) is 1. The van der Waals surface area contributed by atoms with E-state index in [1.807, 2.05) is 6.20 Å². The second-order valence-corrected chi connectivity index (χ2v) is 6.37. The summed E-state index contributed by atoms with van der Waals surface area (Å²) in [5.74, 6) is 2.11. The van der Waals surface area contributed by atoms with Crippen LogP contribution in [0.2, 0.25) is 0 Å². The highest BCUT2D eigenvalue weighted by atomic mass is 35.5. The normalized spacial score (nSPS) is 11.3. The Morgan fingerprint density at radius 1 is 0.905 bits per heavy atom. The van der Waals surface area contributed by atoms with Crippen molar-refractivity contribution < 1.29 is 0 Å². The molecule has 1 aromatic heterocycles. The molecule has 2 aromatic rings. The Labute approximate surface area is 135 Å². The maximum Gasteiger partial charge on any atom is 0.140 e. The molecule has 1 aromatic carbocycles. The van der Waals surface area contributed by atoms with Crippen LogP contribution in [0.15, 0.2) is 30.6 Å². The first-order valence-electron chi connectivity index (χ1n) is 7.59. The Balaban J connectivity index is 0.00000220. The highest BCUT2D eigenvalue weighted by Gasteiger charge is 2.19. The van der Waals surface area contributed by atoms with E-state index in [0.29, 0.717) is 17.9 Å². The molecule has 0 fully saturated rings. The minimum atomic E-state index is 0. The van der Waals surface area contributed by atoms with Crippen LogP contribution in [0.25, 0.3) is 11.4 Å². The van der Waals surface area contributed by atoms with E-state index in [-0.39, 0.29) is 12.4 Å². The van der Waals surface area contributed by atoms with Gasteiger partial charge in [0, 0.05) is 24.0 Å².